The molecular weight excluding hydrogens is 263 g/mol. The van der Waals surface area contributed by atoms with Crippen LogP contribution in [0.4, 0.5) is 0 Å². The predicted octanol–water partition coefficient (Wildman–Crippen LogP) is 3.89. The predicted molar refractivity (Wildman–Crippen MR) is 63.6 cm³/mol. The van der Waals surface area contributed by atoms with Crippen LogP contribution in [0.5, 0.6) is 0 Å². The van der Waals surface area contributed by atoms with E-state index in [0.717, 1.165) is 0 Å². The molecule has 0 unspecified atom stereocenters. The second-order valence-electron chi connectivity index (χ2n) is 4.61. The Labute approximate surface area is 85.5 Å². The number of rotatable bonds is 2. The molecule has 0 aromatic heterocycles. The van der Waals surface area contributed by atoms with Gasteiger partial charge in [-0.3, -0.25) is 0 Å². The molecule has 0 fully saturated rings. The van der Waals surface area contributed by atoms with Gasteiger partial charge in [-0.05, 0) is 0 Å². The second-order valence-corrected chi connectivity index (χ2v) is 19.1. The molecule has 0 radical (unpaired) electrons. The van der Waals surface area contributed by atoms with E-state index in [1.54, 1.807) is 0 Å². The van der Waals surface area contributed by atoms with Crippen LogP contribution < -0.4 is 0 Å². The molecule has 1 rings (SSSR count). The molecule has 0 nitrogen and oxygen atoms in total. The summed E-state index contributed by atoms with van der Waals surface area (Å²) in [4.78, 5) is 7.25. The molecule has 70 valence electrons. The Morgan fingerprint density at radius 2 is 1.54 bits per heavy atom. The van der Waals surface area contributed by atoms with Gasteiger partial charge in [-0.15, -0.1) is 0 Å². The minimum atomic E-state index is -1.70. The molecule has 0 saturated carbocycles. The molecule has 1 heteroatoms. The Bertz CT molecular complexity index is 288. The van der Waals surface area contributed by atoms with E-state index in [0.29, 0.717) is 0 Å². The van der Waals surface area contributed by atoms with Crippen molar-refractivity contribution in [1.82, 2.24) is 0 Å². The summed E-state index contributed by atoms with van der Waals surface area (Å²) in [5.41, 5.74) is 2.66. The number of benzene rings is 1. The molecular formula is C12H18Sn. The monoisotopic (exact) mass is 282 g/mol. The van der Waals surface area contributed by atoms with Crippen molar-refractivity contribution in [2.45, 2.75) is 21.7 Å². The average Bonchev–Trinajstić information content (AvgIpc) is 2.02. The summed E-state index contributed by atoms with van der Waals surface area (Å²) >= 11 is -1.70. The zero-order valence-electron chi connectivity index (χ0n) is 8.96. The van der Waals surface area contributed by atoms with Crippen LogP contribution in [0.25, 0.3) is 6.08 Å². The maximum absolute atomic E-state index is 2.44. The van der Waals surface area contributed by atoms with Crippen LogP contribution >= 0.6 is 0 Å². The second kappa shape index (κ2) is 4.32. The van der Waals surface area contributed by atoms with Crippen LogP contribution in [0.15, 0.2) is 28.4 Å². The molecule has 13 heavy (non-hydrogen) atoms. The van der Waals surface area contributed by atoms with Crippen molar-refractivity contribution in [1.29, 1.82) is 0 Å². The third kappa shape index (κ3) is 4.51. The van der Waals surface area contributed by atoms with Crippen molar-refractivity contribution in [3.63, 3.8) is 0 Å². The van der Waals surface area contributed by atoms with Gasteiger partial charge in [0.15, 0.2) is 0 Å². The van der Waals surface area contributed by atoms with Crippen molar-refractivity contribution in [3.05, 3.63) is 39.5 Å². The average molecular weight is 281 g/mol. The van der Waals surface area contributed by atoms with E-state index in [4.69, 9.17) is 0 Å². The van der Waals surface area contributed by atoms with Crippen LogP contribution in [0.2, 0.25) is 14.8 Å². The molecule has 0 spiro atoms. The van der Waals surface area contributed by atoms with E-state index in [1.165, 1.54) is 11.1 Å². The van der Waals surface area contributed by atoms with Crippen LogP contribution in [0.1, 0.15) is 11.1 Å². The van der Waals surface area contributed by atoms with E-state index in [-0.39, 0.29) is 0 Å². The molecule has 0 N–H and O–H groups in total. The van der Waals surface area contributed by atoms with Gasteiger partial charge in [0.05, 0.1) is 0 Å². The quantitative estimate of drug-likeness (QED) is 0.721. The van der Waals surface area contributed by atoms with E-state index in [1.807, 2.05) is 0 Å². The number of hydrogen-bond donors (Lipinski definition) is 0. The van der Waals surface area contributed by atoms with Gasteiger partial charge in [-0.2, -0.15) is 0 Å². The summed E-state index contributed by atoms with van der Waals surface area (Å²) in [5, 5.41) is 0. The van der Waals surface area contributed by atoms with Crippen molar-refractivity contribution in [3.8, 4) is 0 Å². The minimum absolute atomic E-state index is 1.33. The standard InChI is InChI=1S/C9H9.3CH3.Sn/c1-3-9-6-4-8(2)5-7-9;;;;/h1,3-7H,2H3;3*1H3;. The normalized spacial score (nSPS) is 12.3. The van der Waals surface area contributed by atoms with Crippen molar-refractivity contribution in [2.24, 2.45) is 0 Å². The third-order valence-electron chi connectivity index (χ3n) is 1.85. The number of hydrogen-bond acceptors (Lipinski definition) is 0. The van der Waals surface area contributed by atoms with Crippen LogP contribution in [-0.2, 0) is 0 Å². The Morgan fingerprint density at radius 3 is 2.00 bits per heavy atom. The fraction of sp³-hybridized carbons (Fsp3) is 0.333. The molecule has 0 aliphatic rings. The van der Waals surface area contributed by atoms with Gasteiger partial charge in [0.1, 0.15) is 0 Å². The molecule has 0 saturated heterocycles. The Hall–Kier alpha value is -0.241. The summed E-state index contributed by atoms with van der Waals surface area (Å²) in [6.07, 6.45) is 2.27. The SMILES string of the molecule is Cc1ccc(/C=[CH]/[Sn]([CH3])([CH3])[CH3])cc1. The summed E-state index contributed by atoms with van der Waals surface area (Å²) < 4.78 is 2.44. The van der Waals surface area contributed by atoms with E-state index >= 15 is 0 Å². The summed E-state index contributed by atoms with van der Waals surface area (Å²) in [6, 6.07) is 8.70. The summed E-state index contributed by atoms with van der Waals surface area (Å²) in [6.45, 7) is 2.12. The fourth-order valence-corrected chi connectivity index (χ4v) is 3.00. The van der Waals surface area contributed by atoms with Crippen molar-refractivity contribution in [2.75, 3.05) is 0 Å². The van der Waals surface area contributed by atoms with Gasteiger partial charge in [-0.1, -0.05) is 0 Å². The first-order valence-corrected chi connectivity index (χ1v) is 14.9. The van der Waals surface area contributed by atoms with Gasteiger partial charge in [0.2, 0.25) is 0 Å². The van der Waals surface area contributed by atoms with Crippen LogP contribution in [-0.4, -0.2) is 18.4 Å². The van der Waals surface area contributed by atoms with Gasteiger partial charge in [0.25, 0.3) is 0 Å². The van der Waals surface area contributed by atoms with Crippen LogP contribution in [0, 0.1) is 6.92 Å². The first-order chi connectivity index (χ1) is 5.97. The zero-order valence-corrected chi connectivity index (χ0v) is 11.8. The van der Waals surface area contributed by atoms with Gasteiger partial charge >= 0.3 is 85.7 Å². The molecule has 1 aromatic carbocycles. The molecule has 0 bridgehead atoms. The van der Waals surface area contributed by atoms with Crippen molar-refractivity contribution >= 4 is 24.5 Å². The molecule has 0 aliphatic carbocycles. The Morgan fingerprint density at radius 1 is 1.00 bits per heavy atom. The summed E-state index contributed by atoms with van der Waals surface area (Å²) in [5.74, 6) is 0. The Balaban J connectivity index is 2.75. The molecule has 0 atom stereocenters. The molecule has 0 heterocycles. The fourth-order valence-electron chi connectivity index (χ4n) is 1.02. The van der Waals surface area contributed by atoms with Crippen LogP contribution in [0.3, 0.4) is 0 Å². The molecule has 1 aromatic rings. The zero-order chi connectivity index (χ0) is 9.90. The van der Waals surface area contributed by atoms with Gasteiger partial charge < -0.3 is 0 Å². The third-order valence-corrected chi connectivity index (χ3v) is 5.18. The summed E-state index contributed by atoms with van der Waals surface area (Å²) in [7, 11) is 0. The van der Waals surface area contributed by atoms with Gasteiger partial charge in [-0.25, -0.2) is 0 Å². The van der Waals surface area contributed by atoms with Gasteiger partial charge in [0, 0.05) is 0 Å². The topological polar surface area (TPSA) is 0 Å². The van der Waals surface area contributed by atoms with Crippen molar-refractivity contribution < 1.29 is 0 Å². The maximum atomic E-state index is 2.44. The van der Waals surface area contributed by atoms with E-state index in [2.05, 4.69) is 56.2 Å². The first kappa shape index (κ1) is 10.8. The Kier molecular flexibility index (Phi) is 3.60. The molecule has 0 amide bonds. The van der Waals surface area contributed by atoms with E-state index in [9.17, 15) is 0 Å². The first-order valence-electron chi connectivity index (χ1n) is 4.73. The number of aryl methyl sites for hydroxylation is 1. The van der Waals surface area contributed by atoms with E-state index < -0.39 is 18.4 Å². The molecule has 0 aliphatic heterocycles.